The zero-order valence-corrected chi connectivity index (χ0v) is 18.4. The zero-order valence-electron chi connectivity index (χ0n) is 17.6. The number of para-hydroxylation sites is 1. The van der Waals surface area contributed by atoms with E-state index < -0.39 is 6.04 Å². The Kier molecular flexibility index (Phi) is 5.68. The molecular weight excluding hydrogens is 420 g/mol. The van der Waals surface area contributed by atoms with Crippen LogP contribution in [0.2, 0.25) is 0 Å². The first kappa shape index (κ1) is 20.4. The molecule has 8 heteroatoms. The first-order valence-electron chi connectivity index (χ1n) is 10.6. The van der Waals surface area contributed by atoms with E-state index >= 15 is 0 Å². The molecule has 0 saturated heterocycles. The maximum Gasteiger partial charge on any atom is 0.243 e. The minimum Gasteiger partial charge on any atom is -0.342 e. The summed E-state index contributed by atoms with van der Waals surface area (Å²) in [6.07, 6.45) is 2.94. The molecule has 3 heterocycles. The number of aryl methyl sites for hydroxylation is 1. The Balaban J connectivity index is 1.66. The summed E-state index contributed by atoms with van der Waals surface area (Å²) in [6.45, 7) is 2.84. The summed E-state index contributed by atoms with van der Waals surface area (Å²) >= 11 is 1.53. The third kappa shape index (κ3) is 3.78. The van der Waals surface area contributed by atoms with Crippen molar-refractivity contribution >= 4 is 39.8 Å². The Morgan fingerprint density at radius 3 is 2.75 bits per heavy atom. The first-order chi connectivity index (χ1) is 15.8. The van der Waals surface area contributed by atoms with Crippen LogP contribution in [0.15, 0.2) is 71.3 Å². The number of fused-ring (bicyclic) bond motifs is 2. The molecule has 1 aliphatic heterocycles. The minimum absolute atomic E-state index is 0.414. The van der Waals surface area contributed by atoms with E-state index in [2.05, 4.69) is 33.8 Å². The first-order valence-corrected chi connectivity index (χ1v) is 11.4. The highest BCUT2D eigenvalue weighted by atomic mass is 32.2. The summed E-state index contributed by atoms with van der Waals surface area (Å²) in [5.74, 6) is 0.543. The molecule has 160 valence electrons. The van der Waals surface area contributed by atoms with Gasteiger partial charge in [0.15, 0.2) is 0 Å². The highest BCUT2D eigenvalue weighted by Gasteiger charge is 2.32. The molecular formula is C24H22N6OS. The number of hydrogen-bond donors (Lipinski definition) is 1. The number of unbranched alkanes of at least 4 members (excludes halogenated alkanes) is 1. The van der Waals surface area contributed by atoms with Crippen LogP contribution >= 0.6 is 11.8 Å². The molecule has 2 aromatic carbocycles. The van der Waals surface area contributed by atoms with Crippen LogP contribution in [-0.4, -0.2) is 31.5 Å². The van der Waals surface area contributed by atoms with Gasteiger partial charge in [-0.3, -0.25) is 4.79 Å². The molecule has 2 aromatic heterocycles. The van der Waals surface area contributed by atoms with Crippen LogP contribution in [0.1, 0.15) is 36.9 Å². The molecule has 1 aliphatic rings. The third-order valence-corrected chi connectivity index (χ3v) is 6.69. The fourth-order valence-electron chi connectivity index (χ4n) is 3.85. The number of carbonyl (C=O) groups is 1. The number of tetrazole rings is 1. The number of nitrogens with one attached hydrogen (secondary N) is 1. The fraction of sp³-hybridized carbons (Fsp3) is 0.208. The van der Waals surface area contributed by atoms with E-state index in [1.54, 1.807) is 4.68 Å². The minimum atomic E-state index is -0.414. The van der Waals surface area contributed by atoms with E-state index in [0.29, 0.717) is 18.1 Å². The van der Waals surface area contributed by atoms with Crippen LogP contribution in [0.4, 0.5) is 5.95 Å². The van der Waals surface area contributed by atoms with Gasteiger partial charge < -0.3 is 5.32 Å². The molecule has 1 unspecified atom stereocenters. The van der Waals surface area contributed by atoms with Gasteiger partial charge in [0.2, 0.25) is 5.95 Å². The number of benzene rings is 2. The van der Waals surface area contributed by atoms with Crippen molar-refractivity contribution < 1.29 is 4.79 Å². The second-order valence-corrected chi connectivity index (χ2v) is 8.60. The zero-order chi connectivity index (χ0) is 21.9. The van der Waals surface area contributed by atoms with Gasteiger partial charge in [0.05, 0.1) is 11.6 Å². The maximum atomic E-state index is 12.4. The molecule has 7 nitrogen and oxygen atoms in total. The number of anilines is 1. The monoisotopic (exact) mass is 442 g/mol. The van der Waals surface area contributed by atoms with Crippen LogP contribution in [0.3, 0.4) is 0 Å². The molecule has 0 radical (unpaired) electrons. The van der Waals surface area contributed by atoms with E-state index in [4.69, 9.17) is 4.98 Å². The van der Waals surface area contributed by atoms with Crippen molar-refractivity contribution in [1.82, 2.24) is 25.2 Å². The molecule has 1 atom stereocenters. The lowest BCUT2D eigenvalue weighted by molar-refractivity contribution is -0.105. The second kappa shape index (κ2) is 8.92. The normalized spacial score (nSPS) is 15.6. The van der Waals surface area contributed by atoms with E-state index in [1.165, 1.54) is 11.8 Å². The summed E-state index contributed by atoms with van der Waals surface area (Å²) in [4.78, 5) is 18.2. The summed E-state index contributed by atoms with van der Waals surface area (Å²) in [7, 11) is 0. The smallest absolute Gasteiger partial charge is 0.243 e. The van der Waals surface area contributed by atoms with Gasteiger partial charge in [-0.1, -0.05) is 78.7 Å². The summed E-state index contributed by atoms with van der Waals surface area (Å²) in [5.41, 5.74) is 3.50. The Hall–Kier alpha value is -3.52. The average molecular weight is 443 g/mol. The van der Waals surface area contributed by atoms with E-state index in [0.717, 1.165) is 51.1 Å². The molecule has 32 heavy (non-hydrogen) atoms. The Morgan fingerprint density at radius 2 is 1.94 bits per heavy atom. The lowest BCUT2D eigenvalue weighted by atomic mass is 9.96. The van der Waals surface area contributed by atoms with Gasteiger partial charge in [-0.2, -0.15) is 0 Å². The predicted molar refractivity (Wildman–Crippen MR) is 126 cm³/mol. The van der Waals surface area contributed by atoms with E-state index in [-0.39, 0.29) is 0 Å². The van der Waals surface area contributed by atoms with Crippen molar-refractivity contribution in [3.63, 3.8) is 0 Å². The molecule has 4 aromatic rings. The number of carbonyl (C=O) groups excluding carboxylic acids is 1. The van der Waals surface area contributed by atoms with Crippen LogP contribution in [0, 0.1) is 0 Å². The quantitative estimate of drug-likeness (QED) is 0.408. The molecule has 1 N–H and O–H groups in total. The van der Waals surface area contributed by atoms with Crippen molar-refractivity contribution in [3.05, 3.63) is 77.4 Å². The van der Waals surface area contributed by atoms with Crippen molar-refractivity contribution in [3.8, 4) is 0 Å². The number of thioether (sulfide) groups is 1. The van der Waals surface area contributed by atoms with Gasteiger partial charge in [-0.25, -0.2) is 9.67 Å². The molecule has 0 amide bonds. The number of aromatic nitrogens is 5. The number of rotatable bonds is 7. The van der Waals surface area contributed by atoms with E-state index in [9.17, 15) is 4.79 Å². The van der Waals surface area contributed by atoms with Gasteiger partial charge in [0.25, 0.3) is 0 Å². The predicted octanol–water partition coefficient (Wildman–Crippen LogP) is 4.89. The Bertz CT molecular complexity index is 1300. The number of nitrogens with zero attached hydrogens (tertiary/aromatic N) is 5. The van der Waals surface area contributed by atoms with E-state index in [1.807, 2.05) is 54.6 Å². The lowest BCUT2D eigenvalue weighted by Crippen LogP contribution is -2.22. The molecule has 0 aliphatic carbocycles. The molecule has 0 spiro atoms. The van der Waals surface area contributed by atoms with Gasteiger partial charge in [0, 0.05) is 28.0 Å². The molecule has 0 saturated carbocycles. The topological polar surface area (TPSA) is 85.6 Å². The van der Waals surface area contributed by atoms with Gasteiger partial charge >= 0.3 is 0 Å². The number of pyridine rings is 1. The maximum absolute atomic E-state index is 12.4. The summed E-state index contributed by atoms with van der Waals surface area (Å²) in [6, 6.07) is 19.7. The highest BCUT2D eigenvalue weighted by molar-refractivity contribution is 8.08. The lowest BCUT2D eigenvalue weighted by Gasteiger charge is -2.28. The van der Waals surface area contributed by atoms with Crippen LogP contribution in [0.25, 0.3) is 15.8 Å². The summed E-state index contributed by atoms with van der Waals surface area (Å²) in [5, 5.41) is 17.5. The number of aldehydes is 1. The Labute approximate surface area is 189 Å². The molecule has 5 rings (SSSR count). The average Bonchev–Trinajstić information content (AvgIpc) is 3.28. The van der Waals surface area contributed by atoms with Crippen molar-refractivity contribution in [2.75, 3.05) is 5.32 Å². The van der Waals surface area contributed by atoms with Crippen molar-refractivity contribution in [2.45, 2.75) is 37.4 Å². The summed E-state index contributed by atoms with van der Waals surface area (Å²) < 4.78 is 1.75. The van der Waals surface area contributed by atoms with Crippen LogP contribution < -0.4 is 5.32 Å². The van der Waals surface area contributed by atoms with Gasteiger partial charge in [-0.05, 0) is 34.5 Å². The fourth-order valence-corrected chi connectivity index (χ4v) is 5.01. The molecule has 0 fully saturated rings. The highest BCUT2D eigenvalue weighted by Crippen LogP contribution is 2.48. The largest absolute Gasteiger partial charge is 0.342 e. The van der Waals surface area contributed by atoms with Gasteiger partial charge in [-0.15, -0.1) is 0 Å². The molecule has 0 bridgehead atoms. The van der Waals surface area contributed by atoms with Crippen molar-refractivity contribution in [1.29, 1.82) is 0 Å². The standard InChI is InChI=1S/C24H22N6OS/c1-2-3-13-30-24(27-28-29-30)26-21-18-14-17-11-7-8-12-20(17)25-23(18)32-22(19(21)15-31)16-9-5-4-6-10-16/h4-12,14-15,21H,2-3,13H2,1H3,(H,26,27,29). The van der Waals surface area contributed by atoms with Crippen molar-refractivity contribution in [2.24, 2.45) is 0 Å². The van der Waals surface area contributed by atoms with Crippen LogP contribution in [-0.2, 0) is 11.3 Å². The third-order valence-electron chi connectivity index (χ3n) is 5.49. The van der Waals surface area contributed by atoms with Gasteiger partial charge in [0.1, 0.15) is 11.3 Å². The second-order valence-electron chi connectivity index (χ2n) is 7.60. The number of hydrogen-bond acceptors (Lipinski definition) is 7. The Morgan fingerprint density at radius 1 is 1.12 bits per heavy atom. The SMILES string of the molecule is CCCCn1nnnc1NC1C(C=O)=C(c2ccccc2)Sc2nc3ccccc3cc21. The van der Waals surface area contributed by atoms with Crippen LogP contribution in [0.5, 0.6) is 0 Å².